The molecule has 282 valence electrons. The average Bonchev–Trinajstić information content (AvgIpc) is 3.62. The summed E-state index contributed by atoms with van der Waals surface area (Å²) in [7, 11) is -5.83. The molecule has 2 amide bonds. The monoisotopic (exact) mass is 814 g/mol. The van der Waals surface area contributed by atoms with Gasteiger partial charge in [0.15, 0.2) is 0 Å². The van der Waals surface area contributed by atoms with E-state index in [9.17, 15) is 36.3 Å². The normalized spacial score (nSPS) is 22.3. The number of carbonyl (C=O) groups excluding carboxylic acids is 2. The number of amides is 2. The summed E-state index contributed by atoms with van der Waals surface area (Å²) >= 11 is 24.6. The molecule has 2 aromatic carbocycles. The van der Waals surface area contributed by atoms with E-state index < -0.39 is 21.4 Å². The molecule has 2 atom stereocenters. The number of carbonyl (C=O) groups is 2. The number of halogens is 7. The first kappa shape index (κ1) is 40.1. The molecule has 4 fully saturated rings. The van der Waals surface area contributed by atoms with E-state index in [1.807, 2.05) is 4.90 Å². The minimum Gasteiger partial charge on any atom is -0.508 e. The maximum Gasteiger partial charge on any atom is 0.534 e. The molecule has 2 unspecified atom stereocenters. The SMILES string of the molecule is O=C1C(Cc2c(Cl)cc(O)cc2Cl)CCN1C1CCCCC1.O=C1C(Cc2c(Cl)cc(OS(=O)(=O)C(F)(F)F)cc2Cl)CCN1C1CCCCC1. The fraction of sp³-hybridized carbons (Fsp3) is 0.600. The molecule has 1 N–H and O–H groups in total. The molecule has 2 heterocycles. The number of aromatic hydroxyl groups is 1. The first-order valence-electron chi connectivity index (χ1n) is 17.3. The predicted molar refractivity (Wildman–Crippen MR) is 191 cm³/mol. The molecule has 16 heteroatoms. The van der Waals surface area contributed by atoms with Crippen LogP contribution in [0.25, 0.3) is 0 Å². The van der Waals surface area contributed by atoms with E-state index in [0.717, 1.165) is 69.2 Å². The van der Waals surface area contributed by atoms with Crippen molar-refractivity contribution in [1.82, 2.24) is 9.80 Å². The largest absolute Gasteiger partial charge is 0.534 e. The zero-order chi connectivity index (χ0) is 37.1. The quantitative estimate of drug-likeness (QED) is 0.211. The zero-order valence-electron chi connectivity index (χ0n) is 27.9. The van der Waals surface area contributed by atoms with E-state index in [1.165, 1.54) is 37.8 Å². The van der Waals surface area contributed by atoms with Gasteiger partial charge in [-0.15, -0.1) is 0 Å². The van der Waals surface area contributed by atoms with Crippen molar-refractivity contribution in [2.24, 2.45) is 11.8 Å². The van der Waals surface area contributed by atoms with Gasteiger partial charge in [-0.05, 0) is 74.6 Å². The number of alkyl halides is 3. The second kappa shape index (κ2) is 16.9. The van der Waals surface area contributed by atoms with Crippen LogP contribution in [0.3, 0.4) is 0 Å². The Bertz CT molecular complexity index is 1650. The summed E-state index contributed by atoms with van der Waals surface area (Å²) < 4.78 is 63.8. The number of rotatable bonds is 8. The Labute approximate surface area is 316 Å². The van der Waals surface area contributed by atoms with Gasteiger partial charge in [0, 0.05) is 69.2 Å². The highest BCUT2D eigenvalue weighted by atomic mass is 35.5. The Morgan fingerprint density at radius 2 is 1.04 bits per heavy atom. The van der Waals surface area contributed by atoms with Crippen LogP contribution in [0.5, 0.6) is 11.5 Å². The van der Waals surface area contributed by atoms with Crippen molar-refractivity contribution < 1.29 is 40.5 Å². The van der Waals surface area contributed by atoms with E-state index >= 15 is 0 Å². The van der Waals surface area contributed by atoms with Crippen molar-refractivity contribution in [3.63, 3.8) is 0 Å². The van der Waals surface area contributed by atoms with Crippen LogP contribution in [-0.4, -0.2) is 65.8 Å². The molecule has 2 saturated heterocycles. The van der Waals surface area contributed by atoms with Crippen LogP contribution in [0.1, 0.15) is 88.2 Å². The minimum atomic E-state index is -5.83. The lowest BCUT2D eigenvalue weighted by Gasteiger charge is -2.31. The summed E-state index contributed by atoms with van der Waals surface area (Å²) in [6.45, 7) is 1.51. The smallest absolute Gasteiger partial charge is 0.508 e. The van der Waals surface area contributed by atoms with Crippen molar-refractivity contribution in [3.05, 3.63) is 55.5 Å². The van der Waals surface area contributed by atoms with Crippen molar-refractivity contribution in [3.8, 4) is 11.5 Å². The van der Waals surface area contributed by atoms with Gasteiger partial charge in [-0.3, -0.25) is 9.59 Å². The van der Waals surface area contributed by atoms with Gasteiger partial charge >= 0.3 is 15.6 Å². The summed E-state index contributed by atoms with van der Waals surface area (Å²) in [5.41, 5.74) is -4.41. The van der Waals surface area contributed by atoms with Crippen LogP contribution in [0.4, 0.5) is 13.2 Å². The highest BCUT2D eigenvalue weighted by Gasteiger charge is 2.48. The number of hydrogen-bond acceptors (Lipinski definition) is 6. The lowest BCUT2D eigenvalue weighted by molar-refractivity contribution is -0.134. The van der Waals surface area contributed by atoms with Crippen LogP contribution < -0.4 is 4.18 Å². The third-order valence-corrected chi connectivity index (χ3v) is 12.7. The van der Waals surface area contributed by atoms with Crippen LogP contribution in [0.2, 0.25) is 20.1 Å². The van der Waals surface area contributed by atoms with E-state index in [2.05, 4.69) is 9.08 Å². The zero-order valence-corrected chi connectivity index (χ0v) is 31.7. The van der Waals surface area contributed by atoms with Crippen molar-refractivity contribution in [2.45, 2.75) is 107 Å². The van der Waals surface area contributed by atoms with Gasteiger partial charge < -0.3 is 19.1 Å². The van der Waals surface area contributed by atoms with E-state index in [4.69, 9.17) is 46.4 Å². The Kier molecular flexibility index (Phi) is 13.3. The molecule has 4 aliphatic rings. The highest BCUT2D eigenvalue weighted by molar-refractivity contribution is 7.88. The number of benzene rings is 2. The number of nitrogens with zero attached hydrogens (tertiary/aromatic N) is 2. The summed E-state index contributed by atoms with van der Waals surface area (Å²) in [6.07, 6.45) is 13.7. The van der Waals surface area contributed by atoms with Gasteiger partial charge in [-0.1, -0.05) is 84.9 Å². The maximum absolute atomic E-state index is 12.8. The fourth-order valence-electron chi connectivity index (χ4n) is 7.69. The summed E-state index contributed by atoms with van der Waals surface area (Å²) in [5.74, 6) is -0.668. The third kappa shape index (κ3) is 9.71. The average molecular weight is 817 g/mol. The number of likely N-dealkylation sites (tertiary alicyclic amines) is 2. The molecule has 0 radical (unpaired) electrons. The van der Waals surface area contributed by atoms with Crippen LogP contribution in [-0.2, 0) is 32.5 Å². The first-order valence-corrected chi connectivity index (χ1v) is 20.2. The second-order valence-electron chi connectivity index (χ2n) is 13.8. The standard InChI is InChI=1S/C18H20Cl2F3NO4S.C17H21Cl2NO2/c19-15-9-13(28-29(26,27)18(21,22)23)10-16(20)14(15)8-11-6-7-24(17(11)25)12-4-2-1-3-5-12;18-15-9-13(21)10-16(19)14(15)8-11-6-7-20(17(11)22)12-4-2-1-3-5-12/h9-12H,1-8H2;9-12,21H,1-8H2. The minimum absolute atomic E-state index is 0.0315. The fourth-order valence-corrected chi connectivity index (χ4v) is 9.38. The van der Waals surface area contributed by atoms with E-state index in [-0.39, 0.29) is 51.9 Å². The molecule has 6 rings (SSSR count). The summed E-state index contributed by atoms with van der Waals surface area (Å²) in [6, 6.07) is 5.59. The molecule has 0 aromatic heterocycles. The second-order valence-corrected chi connectivity index (χ2v) is 16.9. The lowest BCUT2D eigenvalue weighted by atomic mass is 9.94. The summed E-state index contributed by atoms with van der Waals surface area (Å²) in [4.78, 5) is 29.5. The molecule has 2 aromatic rings. The van der Waals surface area contributed by atoms with E-state index in [0.29, 0.717) is 41.0 Å². The Morgan fingerprint density at radius 1 is 0.667 bits per heavy atom. The Morgan fingerprint density at radius 3 is 1.41 bits per heavy atom. The Balaban J connectivity index is 0.000000205. The van der Waals surface area contributed by atoms with Crippen LogP contribution >= 0.6 is 46.4 Å². The van der Waals surface area contributed by atoms with Crippen molar-refractivity contribution in [2.75, 3.05) is 13.1 Å². The topological polar surface area (TPSA) is 104 Å². The van der Waals surface area contributed by atoms with Crippen LogP contribution in [0.15, 0.2) is 24.3 Å². The molecule has 2 aliphatic heterocycles. The van der Waals surface area contributed by atoms with Crippen molar-refractivity contribution in [1.29, 1.82) is 0 Å². The first-order chi connectivity index (χ1) is 24.1. The number of phenols is 1. The molecule has 2 saturated carbocycles. The van der Waals surface area contributed by atoms with Crippen LogP contribution in [0, 0.1) is 11.8 Å². The van der Waals surface area contributed by atoms with Gasteiger partial charge in [-0.2, -0.15) is 21.6 Å². The molecule has 8 nitrogen and oxygen atoms in total. The van der Waals surface area contributed by atoms with Gasteiger partial charge in [0.05, 0.1) is 0 Å². The van der Waals surface area contributed by atoms with Gasteiger partial charge in [0.2, 0.25) is 11.8 Å². The lowest BCUT2D eigenvalue weighted by Crippen LogP contribution is -2.39. The molecular weight excluding hydrogens is 775 g/mol. The van der Waals surface area contributed by atoms with Crippen molar-refractivity contribution >= 4 is 68.3 Å². The summed E-state index contributed by atoms with van der Waals surface area (Å²) in [5, 5.41) is 10.3. The molecular formula is C35H41Cl4F3N2O6S. The molecule has 2 aliphatic carbocycles. The highest BCUT2D eigenvalue weighted by Crippen LogP contribution is 2.38. The van der Waals surface area contributed by atoms with Gasteiger partial charge in [-0.25, -0.2) is 0 Å². The molecule has 0 bridgehead atoms. The predicted octanol–water partition coefficient (Wildman–Crippen LogP) is 9.37. The number of phenolic OH excluding ortho intramolecular Hbond substituents is 1. The maximum atomic E-state index is 12.8. The molecule has 51 heavy (non-hydrogen) atoms. The van der Waals surface area contributed by atoms with E-state index in [1.54, 1.807) is 0 Å². The number of hydrogen-bond donors (Lipinski definition) is 1. The van der Waals surface area contributed by atoms with Gasteiger partial charge in [0.1, 0.15) is 11.5 Å². The third-order valence-electron chi connectivity index (χ3n) is 10.4. The van der Waals surface area contributed by atoms with Gasteiger partial charge in [0.25, 0.3) is 0 Å². The molecule has 0 spiro atoms. The Hall–Kier alpha value is -2.12.